The van der Waals surface area contributed by atoms with Gasteiger partial charge in [0.25, 0.3) is 0 Å². The van der Waals surface area contributed by atoms with Crippen LogP contribution in [0.15, 0.2) is 28.7 Å². The number of hydrogen-bond acceptors (Lipinski definition) is 4. The summed E-state index contributed by atoms with van der Waals surface area (Å²) in [7, 11) is 0. The Hall–Kier alpha value is -1.33. The minimum atomic E-state index is -0.623. The topological polar surface area (TPSA) is 47.0 Å². The molecule has 3 nitrogen and oxygen atoms in total. The Balaban J connectivity index is 1.73. The van der Waals surface area contributed by atoms with E-state index in [1.807, 2.05) is 31.2 Å². The maximum absolute atomic E-state index is 12.7. The van der Waals surface area contributed by atoms with E-state index in [0.29, 0.717) is 5.69 Å². The van der Waals surface area contributed by atoms with Crippen molar-refractivity contribution in [3.05, 3.63) is 39.3 Å². The van der Waals surface area contributed by atoms with Crippen LogP contribution >= 0.6 is 27.3 Å². The lowest BCUT2D eigenvalue weighted by Gasteiger charge is -2.24. The Morgan fingerprint density at radius 2 is 1.70 bits per heavy atom. The second-order valence-corrected chi connectivity index (χ2v) is 8.53. The van der Waals surface area contributed by atoms with Crippen LogP contribution in [-0.4, -0.2) is 16.6 Å². The van der Waals surface area contributed by atoms with E-state index >= 15 is 0 Å². The largest absolute Gasteiger partial charge is 0.298 e. The van der Waals surface area contributed by atoms with Gasteiger partial charge in [-0.2, -0.15) is 0 Å². The van der Waals surface area contributed by atoms with Crippen molar-refractivity contribution in [2.24, 2.45) is 11.8 Å². The van der Waals surface area contributed by atoms with Crippen LogP contribution in [-0.2, 0) is 9.59 Å². The summed E-state index contributed by atoms with van der Waals surface area (Å²) < 4.78 is 1.02. The maximum atomic E-state index is 12.7. The molecule has 0 aliphatic heterocycles. The summed E-state index contributed by atoms with van der Waals surface area (Å²) in [6, 6.07) is 7.95. The fourth-order valence-electron chi connectivity index (χ4n) is 3.77. The van der Waals surface area contributed by atoms with E-state index < -0.39 is 5.92 Å². The lowest BCUT2D eigenvalue weighted by Crippen LogP contribution is -2.35. The summed E-state index contributed by atoms with van der Waals surface area (Å²) >= 11 is 4.99. The first-order valence-electron chi connectivity index (χ1n) is 7.85. The second-order valence-electron chi connectivity index (χ2n) is 6.41. The molecule has 2 bridgehead atoms. The van der Waals surface area contributed by atoms with Crippen molar-refractivity contribution in [2.75, 3.05) is 0 Å². The molecule has 1 heterocycles. The molecule has 23 heavy (non-hydrogen) atoms. The van der Waals surface area contributed by atoms with E-state index in [4.69, 9.17) is 4.98 Å². The van der Waals surface area contributed by atoms with Gasteiger partial charge in [-0.25, -0.2) is 4.98 Å². The lowest BCUT2D eigenvalue weighted by atomic mass is 9.77. The number of halogens is 1. The van der Waals surface area contributed by atoms with E-state index in [2.05, 4.69) is 15.9 Å². The highest BCUT2D eigenvalue weighted by molar-refractivity contribution is 9.10. The van der Waals surface area contributed by atoms with Gasteiger partial charge in [0.2, 0.25) is 0 Å². The number of carbonyl (C=O) groups excluding carboxylic acids is 2. The molecule has 0 N–H and O–H groups in total. The molecule has 0 unspecified atom stereocenters. The van der Waals surface area contributed by atoms with Gasteiger partial charge in [0.1, 0.15) is 10.9 Å². The number of thiazole rings is 1. The number of aryl methyl sites for hydroxylation is 1. The molecule has 2 aliphatic rings. The van der Waals surface area contributed by atoms with Crippen molar-refractivity contribution in [3.8, 4) is 10.6 Å². The number of hydrogen-bond donors (Lipinski definition) is 0. The third-order valence-corrected chi connectivity index (χ3v) is 6.57. The van der Waals surface area contributed by atoms with Crippen molar-refractivity contribution in [1.29, 1.82) is 0 Å². The van der Waals surface area contributed by atoms with Crippen molar-refractivity contribution in [2.45, 2.75) is 32.1 Å². The predicted octanol–water partition coefficient (Wildman–Crippen LogP) is 4.53. The average molecular weight is 390 g/mol. The Bertz CT molecular complexity index is 774. The van der Waals surface area contributed by atoms with E-state index in [-0.39, 0.29) is 23.4 Å². The first-order chi connectivity index (χ1) is 11.0. The summed E-state index contributed by atoms with van der Waals surface area (Å²) in [5, 5.41) is 0.878. The Morgan fingerprint density at radius 3 is 2.30 bits per heavy atom. The molecule has 2 aliphatic carbocycles. The fourth-order valence-corrected chi connectivity index (χ4v) is 4.99. The molecule has 0 radical (unpaired) electrons. The number of nitrogens with zero attached hydrogens (tertiary/aromatic N) is 1. The van der Waals surface area contributed by atoms with Gasteiger partial charge in [-0.1, -0.05) is 28.1 Å². The number of fused-ring (bicyclic) bond motifs is 2. The zero-order valence-electron chi connectivity index (χ0n) is 12.7. The van der Waals surface area contributed by atoms with Crippen LogP contribution in [0.5, 0.6) is 0 Å². The maximum Gasteiger partial charge on any atom is 0.152 e. The molecular formula is C18H16BrNO2S. The third-order valence-electron chi connectivity index (χ3n) is 5.00. The van der Waals surface area contributed by atoms with Gasteiger partial charge in [0.15, 0.2) is 11.6 Å². The van der Waals surface area contributed by atoms with Crippen molar-refractivity contribution in [1.82, 2.24) is 4.98 Å². The lowest BCUT2D eigenvalue weighted by molar-refractivity contribution is -0.136. The number of ketones is 2. The number of rotatable bonds is 2. The van der Waals surface area contributed by atoms with Gasteiger partial charge in [-0.15, -0.1) is 11.3 Å². The quantitative estimate of drug-likeness (QED) is 0.708. The molecular weight excluding hydrogens is 374 g/mol. The minimum absolute atomic E-state index is 0.0694. The van der Waals surface area contributed by atoms with Crippen LogP contribution in [0.25, 0.3) is 10.6 Å². The normalized spacial score (nSPS) is 26.8. The van der Waals surface area contributed by atoms with Crippen LogP contribution in [0, 0.1) is 18.8 Å². The summed E-state index contributed by atoms with van der Waals surface area (Å²) in [6.45, 7) is 1.96. The smallest absolute Gasteiger partial charge is 0.152 e. The number of carbonyl (C=O) groups is 2. The van der Waals surface area contributed by atoms with Gasteiger partial charge in [-0.05, 0) is 38.3 Å². The standard InChI is InChI=1S/C18H16BrNO2S/c1-9-15(14-16(21)11-2-3-12(8-11)17(14)22)20-18(23-9)10-4-6-13(19)7-5-10/h4-7,11-12,14H,2-3,8H2,1H3/t11-,12-/m0/s1. The van der Waals surface area contributed by atoms with Crippen molar-refractivity contribution < 1.29 is 9.59 Å². The van der Waals surface area contributed by atoms with Crippen LogP contribution in [0.3, 0.4) is 0 Å². The molecule has 2 atom stereocenters. The van der Waals surface area contributed by atoms with Crippen LogP contribution < -0.4 is 0 Å². The third kappa shape index (κ3) is 2.50. The molecule has 1 aromatic carbocycles. The molecule has 0 spiro atoms. The first-order valence-corrected chi connectivity index (χ1v) is 9.46. The molecule has 2 aromatic rings. The molecule has 118 valence electrons. The Kier molecular flexibility index (Phi) is 3.73. The van der Waals surface area contributed by atoms with Crippen molar-refractivity contribution >= 4 is 38.8 Å². The van der Waals surface area contributed by atoms with E-state index in [0.717, 1.165) is 39.2 Å². The number of benzene rings is 1. The highest BCUT2D eigenvalue weighted by atomic mass is 79.9. The zero-order chi connectivity index (χ0) is 16.1. The summed E-state index contributed by atoms with van der Waals surface area (Å²) in [6.07, 6.45) is 2.50. The molecule has 0 amide bonds. The molecule has 2 saturated carbocycles. The molecule has 5 heteroatoms. The fraction of sp³-hybridized carbons (Fsp3) is 0.389. The summed E-state index contributed by atoms with van der Waals surface area (Å²) in [5.41, 5.74) is 1.71. The first kappa shape index (κ1) is 15.2. The van der Waals surface area contributed by atoms with Gasteiger partial charge in [0, 0.05) is 26.7 Å². The van der Waals surface area contributed by atoms with Gasteiger partial charge in [-0.3, -0.25) is 9.59 Å². The van der Waals surface area contributed by atoms with Crippen LogP contribution in [0.2, 0.25) is 0 Å². The van der Waals surface area contributed by atoms with E-state index in [9.17, 15) is 9.59 Å². The Morgan fingerprint density at radius 1 is 1.09 bits per heavy atom. The van der Waals surface area contributed by atoms with E-state index in [1.165, 1.54) is 0 Å². The monoisotopic (exact) mass is 389 g/mol. The zero-order valence-corrected chi connectivity index (χ0v) is 15.1. The summed E-state index contributed by atoms with van der Waals surface area (Å²) in [5.74, 6) is -0.291. The van der Waals surface area contributed by atoms with Crippen molar-refractivity contribution in [3.63, 3.8) is 0 Å². The SMILES string of the molecule is Cc1sc(-c2ccc(Br)cc2)nc1C1C(=O)[C@H]2CC[C@@H](C2)C1=O. The highest BCUT2D eigenvalue weighted by Crippen LogP contribution is 2.45. The molecule has 0 saturated heterocycles. The minimum Gasteiger partial charge on any atom is -0.298 e. The molecule has 2 fully saturated rings. The van der Waals surface area contributed by atoms with E-state index in [1.54, 1.807) is 11.3 Å². The van der Waals surface area contributed by atoms with Gasteiger partial charge < -0.3 is 0 Å². The van der Waals surface area contributed by atoms with Gasteiger partial charge >= 0.3 is 0 Å². The Labute approximate surface area is 147 Å². The van der Waals surface area contributed by atoms with Crippen LogP contribution in [0.1, 0.15) is 35.8 Å². The summed E-state index contributed by atoms with van der Waals surface area (Å²) in [4.78, 5) is 31.0. The molecule has 1 aromatic heterocycles. The molecule has 4 rings (SSSR count). The second kappa shape index (κ2) is 5.64. The average Bonchev–Trinajstić information content (AvgIpc) is 3.13. The van der Waals surface area contributed by atoms with Crippen LogP contribution in [0.4, 0.5) is 0 Å². The van der Waals surface area contributed by atoms with Gasteiger partial charge in [0.05, 0.1) is 5.69 Å². The highest BCUT2D eigenvalue weighted by Gasteiger charge is 2.48. The predicted molar refractivity (Wildman–Crippen MR) is 93.6 cm³/mol. The number of aromatic nitrogens is 1. The number of Topliss-reactive ketones (excluding diaryl/α,β-unsaturated/α-hetero) is 2.